The van der Waals surface area contributed by atoms with Gasteiger partial charge in [0.1, 0.15) is 0 Å². The van der Waals surface area contributed by atoms with Gasteiger partial charge in [0.15, 0.2) is 0 Å². The summed E-state index contributed by atoms with van der Waals surface area (Å²) in [5.41, 5.74) is 7.11. The van der Waals surface area contributed by atoms with Gasteiger partial charge in [-0.15, -0.1) is 12.4 Å². The van der Waals surface area contributed by atoms with Gasteiger partial charge in [-0.05, 0) is 36.9 Å². The van der Waals surface area contributed by atoms with E-state index in [0.717, 1.165) is 37.5 Å². The number of rotatable bonds is 2. The summed E-state index contributed by atoms with van der Waals surface area (Å²) in [7, 11) is 0. The van der Waals surface area contributed by atoms with E-state index < -0.39 is 0 Å². The molecule has 1 aliphatic heterocycles. The Bertz CT molecular complexity index is 295. The van der Waals surface area contributed by atoms with E-state index in [1.54, 1.807) is 11.3 Å². The van der Waals surface area contributed by atoms with Gasteiger partial charge >= 0.3 is 0 Å². The van der Waals surface area contributed by atoms with Gasteiger partial charge in [-0.2, -0.15) is 11.3 Å². The highest BCUT2D eigenvalue weighted by Crippen LogP contribution is 2.23. The summed E-state index contributed by atoms with van der Waals surface area (Å²) in [6.07, 6.45) is 2.23. The van der Waals surface area contributed by atoms with Crippen LogP contribution in [0, 0.1) is 0 Å². The topological polar surface area (TPSA) is 29.3 Å². The molecule has 2 heterocycles. The SMILES string of the molecule is Cl.NC1CCN(Cc2cscc2Cl)CC1. The Morgan fingerprint density at radius 3 is 2.60 bits per heavy atom. The van der Waals surface area contributed by atoms with Crippen molar-refractivity contribution in [3.63, 3.8) is 0 Å². The Morgan fingerprint density at radius 1 is 1.40 bits per heavy atom. The molecule has 0 bridgehead atoms. The summed E-state index contributed by atoms with van der Waals surface area (Å²) >= 11 is 7.72. The maximum atomic E-state index is 6.05. The number of halogens is 2. The molecule has 2 nitrogen and oxygen atoms in total. The molecule has 15 heavy (non-hydrogen) atoms. The van der Waals surface area contributed by atoms with Crippen LogP contribution in [0.5, 0.6) is 0 Å². The van der Waals surface area contributed by atoms with Crippen LogP contribution in [0.25, 0.3) is 0 Å². The molecule has 86 valence electrons. The number of hydrogen-bond acceptors (Lipinski definition) is 3. The third-order valence-corrected chi connectivity index (χ3v) is 3.99. The van der Waals surface area contributed by atoms with Crippen molar-refractivity contribution < 1.29 is 0 Å². The van der Waals surface area contributed by atoms with Gasteiger partial charge in [0.25, 0.3) is 0 Å². The molecule has 2 N–H and O–H groups in total. The predicted molar refractivity (Wildman–Crippen MR) is 69.1 cm³/mol. The van der Waals surface area contributed by atoms with Crippen LogP contribution in [0.3, 0.4) is 0 Å². The largest absolute Gasteiger partial charge is 0.328 e. The third-order valence-electron chi connectivity index (χ3n) is 2.71. The lowest BCUT2D eigenvalue weighted by Crippen LogP contribution is -2.39. The highest BCUT2D eigenvalue weighted by atomic mass is 35.5. The summed E-state index contributed by atoms with van der Waals surface area (Å²) in [5, 5.41) is 5.04. The summed E-state index contributed by atoms with van der Waals surface area (Å²) in [5.74, 6) is 0. The van der Waals surface area contributed by atoms with Crippen LogP contribution >= 0.6 is 35.3 Å². The van der Waals surface area contributed by atoms with Crippen molar-refractivity contribution in [2.45, 2.75) is 25.4 Å². The van der Waals surface area contributed by atoms with Gasteiger partial charge in [-0.25, -0.2) is 0 Å². The highest BCUT2D eigenvalue weighted by molar-refractivity contribution is 7.08. The minimum atomic E-state index is 0. The van der Waals surface area contributed by atoms with E-state index in [2.05, 4.69) is 10.3 Å². The lowest BCUT2D eigenvalue weighted by atomic mass is 10.1. The van der Waals surface area contributed by atoms with Gasteiger partial charge in [0.2, 0.25) is 0 Å². The van der Waals surface area contributed by atoms with Crippen molar-refractivity contribution in [3.8, 4) is 0 Å². The van der Waals surface area contributed by atoms with E-state index in [1.165, 1.54) is 5.56 Å². The zero-order valence-corrected chi connectivity index (χ0v) is 10.9. The lowest BCUT2D eigenvalue weighted by Gasteiger charge is -2.29. The van der Waals surface area contributed by atoms with Crippen molar-refractivity contribution in [1.29, 1.82) is 0 Å². The predicted octanol–water partition coefficient (Wildman–Crippen LogP) is 2.75. The van der Waals surface area contributed by atoms with Crippen molar-refractivity contribution in [2.75, 3.05) is 13.1 Å². The summed E-state index contributed by atoms with van der Waals surface area (Å²) < 4.78 is 0. The first-order chi connectivity index (χ1) is 6.75. The van der Waals surface area contributed by atoms with E-state index >= 15 is 0 Å². The van der Waals surface area contributed by atoms with Gasteiger partial charge < -0.3 is 5.73 Å². The van der Waals surface area contributed by atoms with Gasteiger partial charge in [-0.3, -0.25) is 4.90 Å². The zero-order chi connectivity index (χ0) is 9.97. The summed E-state index contributed by atoms with van der Waals surface area (Å²) in [6.45, 7) is 3.19. The summed E-state index contributed by atoms with van der Waals surface area (Å²) in [4.78, 5) is 2.43. The molecule has 0 aromatic carbocycles. The Balaban J connectivity index is 0.00000112. The minimum Gasteiger partial charge on any atom is -0.328 e. The molecular formula is C10H16Cl2N2S. The van der Waals surface area contributed by atoms with Crippen LogP contribution in [-0.4, -0.2) is 24.0 Å². The highest BCUT2D eigenvalue weighted by Gasteiger charge is 2.16. The van der Waals surface area contributed by atoms with Crippen LogP contribution < -0.4 is 5.73 Å². The first-order valence-corrected chi connectivity index (χ1v) is 6.26. The van der Waals surface area contributed by atoms with Crippen LogP contribution in [0.4, 0.5) is 0 Å². The fourth-order valence-corrected chi connectivity index (χ4v) is 2.81. The quantitative estimate of drug-likeness (QED) is 0.892. The van der Waals surface area contributed by atoms with Gasteiger partial charge in [0.05, 0.1) is 5.02 Å². The standard InChI is InChI=1S/C10H15ClN2S.ClH/c11-10-7-14-6-8(10)5-13-3-1-9(12)2-4-13;/h6-7,9H,1-5,12H2;1H. The second kappa shape index (κ2) is 6.06. The normalized spacial score (nSPS) is 18.8. The smallest absolute Gasteiger partial charge is 0.0557 e. The van der Waals surface area contributed by atoms with Crippen LogP contribution in [0.15, 0.2) is 10.8 Å². The molecule has 1 aliphatic rings. The molecule has 0 radical (unpaired) electrons. The first kappa shape index (κ1) is 13.3. The third kappa shape index (κ3) is 3.61. The van der Waals surface area contributed by atoms with Gasteiger partial charge in [-0.1, -0.05) is 11.6 Å². The minimum absolute atomic E-state index is 0. The second-order valence-electron chi connectivity index (χ2n) is 3.86. The van der Waals surface area contributed by atoms with Crippen molar-refractivity contribution in [2.24, 2.45) is 5.73 Å². The maximum absolute atomic E-state index is 6.05. The Labute approximate surface area is 106 Å². The van der Waals surface area contributed by atoms with Crippen molar-refractivity contribution in [3.05, 3.63) is 21.3 Å². The zero-order valence-electron chi connectivity index (χ0n) is 8.49. The molecule has 0 amide bonds. The second-order valence-corrected chi connectivity index (χ2v) is 5.01. The average Bonchev–Trinajstić information content (AvgIpc) is 2.56. The molecule has 5 heteroatoms. The first-order valence-electron chi connectivity index (χ1n) is 4.94. The fourth-order valence-electron chi connectivity index (χ4n) is 1.77. The summed E-state index contributed by atoms with van der Waals surface area (Å²) in [6, 6.07) is 0.407. The molecule has 0 aliphatic carbocycles. The number of piperidine rings is 1. The van der Waals surface area contributed by atoms with Crippen LogP contribution in [0.2, 0.25) is 5.02 Å². The monoisotopic (exact) mass is 266 g/mol. The molecule has 0 saturated carbocycles. The number of hydrogen-bond donors (Lipinski definition) is 1. The molecule has 1 fully saturated rings. The van der Waals surface area contributed by atoms with E-state index in [9.17, 15) is 0 Å². The molecule has 0 atom stereocenters. The number of likely N-dealkylation sites (tertiary alicyclic amines) is 1. The molecule has 1 aromatic rings. The van der Waals surface area contributed by atoms with Crippen LogP contribution in [-0.2, 0) is 6.54 Å². The molecule has 2 rings (SSSR count). The van der Waals surface area contributed by atoms with E-state index in [1.807, 2.05) is 5.38 Å². The number of thiophene rings is 1. The molecule has 1 saturated heterocycles. The maximum Gasteiger partial charge on any atom is 0.0557 e. The Morgan fingerprint density at radius 2 is 2.07 bits per heavy atom. The fraction of sp³-hybridized carbons (Fsp3) is 0.600. The van der Waals surface area contributed by atoms with Crippen molar-refractivity contribution in [1.82, 2.24) is 4.90 Å². The molecular weight excluding hydrogens is 251 g/mol. The molecule has 1 aromatic heterocycles. The van der Waals surface area contributed by atoms with Crippen molar-refractivity contribution >= 4 is 35.3 Å². The van der Waals surface area contributed by atoms with E-state index in [-0.39, 0.29) is 12.4 Å². The van der Waals surface area contributed by atoms with Crippen LogP contribution in [0.1, 0.15) is 18.4 Å². The Hall–Kier alpha value is 0.200. The van der Waals surface area contributed by atoms with E-state index in [4.69, 9.17) is 17.3 Å². The van der Waals surface area contributed by atoms with E-state index in [0.29, 0.717) is 6.04 Å². The molecule has 0 spiro atoms. The molecule has 0 unspecified atom stereocenters. The number of nitrogens with two attached hydrogens (primary N) is 1. The lowest BCUT2D eigenvalue weighted by molar-refractivity contribution is 0.206. The van der Waals surface area contributed by atoms with Gasteiger partial charge in [0, 0.05) is 18.0 Å². The Kier molecular flexibility index (Phi) is 5.36. The number of nitrogens with zero attached hydrogens (tertiary/aromatic N) is 1. The average molecular weight is 267 g/mol.